The molecule has 2 N–H and O–H groups in total. The van der Waals surface area contributed by atoms with Gasteiger partial charge in [-0.15, -0.1) is 11.3 Å². The summed E-state index contributed by atoms with van der Waals surface area (Å²) in [6.45, 7) is 9.31. The molecular formula is C31H44FNO2S. The lowest BCUT2D eigenvalue weighted by Gasteiger charge is -2.62. The van der Waals surface area contributed by atoms with Gasteiger partial charge in [-0.3, -0.25) is 0 Å². The monoisotopic (exact) mass is 513 g/mol. The average Bonchev–Trinajstić information content (AvgIpc) is 3.39. The molecule has 4 fully saturated rings. The SMILES string of the molecule is Cc1cc2sc(CCC(C)[C@H]3CC[C@H]4[C@@H]5[C@@H](O)C[C@@H]6C[C@H](O)CC[C@]6(C)[C@H]5CC[C@]34C)nc2cc1F. The van der Waals surface area contributed by atoms with Crippen molar-refractivity contribution in [3.63, 3.8) is 0 Å². The van der Waals surface area contributed by atoms with Gasteiger partial charge in [0.25, 0.3) is 0 Å². The van der Waals surface area contributed by atoms with Crippen LogP contribution >= 0.6 is 11.3 Å². The van der Waals surface area contributed by atoms with E-state index in [2.05, 4.69) is 20.8 Å². The molecule has 1 unspecified atom stereocenters. The summed E-state index contributed by atoms with van der Waals surface area (Å²) in [6, 6.07) is 3.52. The van der Waals surface area contributed by atoms with Crippen molar-refractivity contribution in [2.45, 2.75) is 104 Å². The van der Waals surface area contributed by atoms with Gasteiger partial charge in [-0.2, -0.15) is 0 Å². The minimum Gasteiger partial charge on any atom is -0.393 e. The van der Waals surface area contributed by atoms with Crippen LogP contribution in [-0.4, -0.2) is 27.4 Å². The molecule has 198 valence electrons. The van der Waals surface area contributed by atoms with Gasteiger partial charge in [0, 0.05) is 6.07 Å². The van der Waals surface area contributed by atoms with Crippen LogP contribution in [-0.2, 0) is 6.42 Å². The van der Waals surface area contributed by atoms with E-state index in [4.69, 9.17) is 4.98 Å². The minimum atomic E-state index is -0.205. The first-order valence-corrected chi connectivity index (χ1v) is 15.3. The van der Waals surface area contributed by atoms with Crippen molar-refractivity contribution >= 4 is 21.6 Å². The summed E-state index contributed by atoms with van der Waals surface area (Å²) in [6.07, 6.45) is 10.6. The molecule has 1 heterocycles. The molecule has 0 bridgehead atoms. The van der Waals surface area contributed by atoms with E-state index in [9.17, 15) is 14.6 Å². The molecule has 0 amide bonds. The van der Waals surface area contributed by atoms with Gasteiger partial charge < -0.3 is 10.2 Å². The Morgan fingerprint density at radius 1 is 1.06 bits per heavy atom. The fourth-order valence-corrected chi connectivity index (χ4v) is 11.0. The largest absolute Gasteiger partial charge is 0.393 e. The average molecular weight is 514 g/mol. The zero-order chi connectivity index (χ0) is 25.4. The van der Waals surface area contributed by atoms with Crippen LogP contribution in [0.15, 0.2) is 12.1 Å². The van der Waals surface area contributed by atoms with Gasteiger partial charge in [0.2, 0.25) is 0 Å². The van der Waals surface area contributed by atoms with E-state index in [0.717, 1.165) is 53.7 Å². The Hall–Kier alpha value is -1.04. The van der Waals surface area contributed by atoms with E-state index < -0.39 is 0 Å². The third-order valence-electron chi connectivity index (χ3n) is 11.9. The Bertz CT molecular complexity index is 1090. The molecule has 5 heteroatoms. The first kappa shape index (κ1) is 25.2. The van der Waals surface area contributed by atoms with Crippen LogP contribution in [0.3, 0.4) is 0 Å². The van der Waals surface area contributed by atoms with Crippen molar-refractivity contribution in [3.8, 4) is 0 Å². The van der Waals surface area contributed by atoms with Crippen molar-refractivity contribution < 1.29 is 14.6 Å². The van der Waals surface area contributed by atoms with Crippen molar-refractivity contribution in [3.05, 3.63) is 28.5 Å². The van der Waals surface area contributed by atoms with Gasteiger partial charge in [0.15, 0.2) is 0 Å². The first-order valence-electron chi connectivity index (χ1n) is 14.5. The van der Waals surface area contributed by atoms with Crippen LogP contribution in [0.1, 0.15) is 89.1 Å². The van der Waals surface area contributed by atoms with Crippen molar-refractivity contribution in [1.29, 1.82) is 0 Å². The van der Waals surface area contributed by atoms with E-state index in [1.54, 1.807) is 17.4 Å². The Morgan fingerprint density at radius 2 is 1.81 bits per heavy atom. The molecular weight excluding hydrogens is 469 g/mol. The third-order valence-corrected chi connectivity index (χ3v) is 13.0. The zero-order valence-corrected chi connectivity index (χ0v) is 23.3. The van der Waals surface area contributed by atoms with Crippen LogP contribution in [0.4, 0.5) is 4.39 Å². The summed E-state index contributed by atoms with van der Waals surface area (Å²) in [5.41, 5.74) is 2.09. The number of halogens is 1. The molecule has 4 aliphatic rings. The van der Waals surface area contributed by atoms with E-state index in [1.807, 2.05) is 13.0 Å². The van der Waals surface area contributed by atoms with Gasteiger partial charge >= 0.3 is 0 Å². The molecule has 4 saturated carbocycles. The molecule has 6 rings (SSSR count). The lowest BCUT2D eigenvalue weighted by molar-refractivity contribution is -0.174. The Labute approximate surface area is 219 Å². The molecule has 1 aromatic heterocycles. The number of aromatic nitrogens is 1. The molecule has 0 aliphatic heterocycles. The quantitative estimate of drug-likeness (QED) is 0.451. The topological polar surface area (TPSA) is 53.4 Å². The molecule has 10 atom stereocenters. The number of hydrogen-bond donors (Lipinski definition) is 2. The molecule has 3 nitrogen and oxygen atoms in total. The maximum absolute atomic E-state index is 14.0. The van der Waals surface area contributed by atoms with Gasteiger partial charge in [-0.05, 0) is 129 Å². The second-order valence-electron chi connectivity index (χ2n) is 13.6. The standard InChI is InChI=1S/C31H44FNO2S/c1-17(5-8-28-33-25-16-24(32)18(2)13-27(25)36-28)21-6-7-22-29-23(10-12-31(21,22)4)30(3)11-9-20(34)14-19(30)15-26(29)35/h13,16-17,19-23,26,29,34-35H,5-12,14-15H2,1-4H3/t17?,19-,20+,21+,22-,23-,26-,29-,30-,31+/m0/s1. The van der Waals surface area contributed by atoms with Gasteiger partial charge in [-0.25, -0.2) is 9.37 Å². The summed E-state index contributed by atoms with van der Waals surface area (Å²) in [5.74, 6) is 3.29. The first-order chi connectivity index (χ1) is 17.1. The van der Waals surface area contributed by atoms with Crippen LogP contribution in [0, 0.1) is 59.1 Å². The normalized spacial score (nSPS) is 43.1. The molecule has 4 aliphatic carbocycles. The number of benzene rings is 1. The number of aliphatic hydroxyl groups excluding tert-OH is 2. The Balaban J connectivity index is 1.17. The second-order valence-corrected chi connectivity index (χ2v) is 14.8. The highest BCUT2D eigenvalue weighted by Gasteiger charge is 2.62. The number of hydrogen-bond acceptors (Lipinski definition) is 4. The van der Waals surface area contributed by atoms with Crippen LogP contribution in [0.25, 0.3) is 10.2 Å². The highest BCUT2D eigenvalue weighted by atomic mass is 32.1. The van der Waals surface area contributed by atoms with Crippen LogP contribution in [0.5, 0.6) is 0 Å². The highest BCUT2D eigenvalue weighted by Crippen LogP contribution is 2.68. The molecule has 0 radical (unpaired) electrons. The predicted octanol–water partition coefficient (Wildman–Crippen LogP) is 7.30. The number of nitrogens with zero attached hydrogens (tertiary/aromatic N) is 1. The molecule has 1 aromatic carbocycles. The maximum Gasteiger partial charge on any atom is 0.128 e. The zero-order valence-electron chi connectivity index (χ0n) is 22.5. The predicted molar refractivity (Wildman–Crippen MR) is 144 cm³/mol. The van der Waals surface area contributed by atoms with E-state index in [1.165, 1.54) is 25.7 Å². The number of aryl methyl sites for hydroxylation is 2. The third kappa shape index (κ3) is 3.90. The number of aliphatic hydroxyl groups is 2. The van der Waals surface area contributed by atoms with Crippen molar-refractivity contribution in [2.75, 3.05) is 0 Å². The van der Waals surface area contributed by atoms with Gasteiger partial charge in [-0.1, -0.05) is 20.8 Å². The molecule has 0 spiro atoms. The lowest BCUT2D eigenvalue weighted by atomic mass is 9.43. The lowest BCUT2D eigenvalue weighted by Crippen LogP contribution is -2.58. The summed E-state index contributed by atoms with van der Waals surface area (Å²) >= 11 is 1.72. The minimum absolute atomic E-state index is 0.164. The molecule has 0 saturated heterocycles. The highest BCUT2D eigenvalue weighted by molar-refractivity contribution is 7.18. The van der Waals surface area contributed by atoms with Crippen LogP contribution < -0.4 is 0 Å². The maximum atomic E-state index is 14.0. The second kappa shape index (κ2) is 9.02. The fraction of sp³-hybridized carbons (Fsp3) is 0.774. The van der Waals surface area contributed by atoms with Crippen molar-refractivity contribution in [1.82, 2.24) is 4.98 Å². The van der Waals surface area contributed by atoms with Crippen LogP contribution in [0.2, 0.25) is 0 Å². The van der Waals surface area contributed by atoms with Crippen molar-refractivity contribution in [2.24, 2.45) is 46.3 Å². The number of rotatable bonds is 4. The molecule has 2 aromatic rings. The smallest absolute Gasteiger partial charge is 0.128 e. The fourth-order valence-electron chi connectivity index (χ4n) is 9.93. The Kier molecular flexibility index (Phi) is 6.33. The summed E-state index contributed by atoms with van der Waals surface area (Å²) in [7, 11) is 0. The van der Waals surface area contributed by atoms with E-state index >= 15 is 0 Å². The van der Waals surface area contributed by atoms with Gasteiger partial charge in [0.05, 0.1) is 27.4 Å². The van der Waals surface area contributed by atoms with Gasteiger partial charge in [0.1, 0.15) is 5.82 Å². The van der Waals surface area contributed by atoms with E-state index in [0.29, 0.717) is 51.9 Å². The summed E-state index contributed by atoms with van der Waals surface area (Å²) in [5, 5.41) is 22.9. The summed E-state index contributed by atoms with van der Waals surface area (Å²) in [4.78, 5) is 4.75. The molecule has 36 heavy (non-hydrogen) atoms. The number of fused-ring (bicyclic) bond motifs is 6. The summed E-state index contributed by atoms with van der Waals surface area (Å²) < 4.78 is 15.1. The van der Waals surface area contributed by atoms with E-state index in [-0.39, 0.29) is 18.0 Å². The Morgan fingerprint density at radius 3 is 2.61 bits per heavy atom. The number of thiazole rings is 1.